The molecule has 1 unspecified atom stereocenters. The number of rotatable bonds is 2. The van der Waals surface area contributed by atoms with Crippen molar-refractivity contribution in [3.8, 4) is 6.07 Å². The predicted molar refractivity (Wildman–Crippen MR) is 55.7 cm³/mol. The maximum atomic E-state index is 9.18. The minimum Gasteiger partial charge on any atom is -0.338 e. The summed E-state index contributed by atoms with van der Waals surface area (Å²) in [6, 6.07) is 6.48. The standard InChI is InChI=1S/C12H16N2/c13-10-12(14-8-4-5-9-14)11-6-2-1-3-7-11/h4-5,8-9,11-12H,1-3,6-7H2. The molecule has 2 rings (SSSR count). The van der Waals surface area contributed by atoms with Crippen molar-refractivity contribution in [3.05, 3.63) is 24.5 Å². The third-order valence-electron chi connectivity index (χ3n) is 3.18. The molecule has 1 aromatic rings. The second kappa shape index (κ2) is 4.32. The quantitative estimate of drug-likeness (QED) is 0.701. The van der Waals surface area contributed by atoms with Crippen molar-refractivity contribution in [2.45, 2.75) is 38.1 Å². The van der Waals surface area contributed by atoms with E-state index in [1.54, 1.807) is 0 Å². The Bertz CT molecular complexity index is 302. The minimum atomic E-state index is 0.0605. The third kappa shape index (κ3) is 1.82. The lowest BCUT2D eigenvalue weighted by Gasteiger charge is -2.26. The highest BCUT2D eigenvalue weighted by Gasteiger charge is 2.23. The molecule has 2 nitrogen and oxygen atoms in total. The Hall–Kier alpha value is -1.23. The van der Waals surface area contributed by atoms with Crippen molar-refractivity contribution < 1.29 is 0 Å². The summed E-state index contributed by atoms with van der Waals surface area (Å²) in [7, 11) is 0. The zero-order chi connectivity index (χ0) is 9.80. The average molecular weight is 188 g/mol. The van der Waals surface area contributed by atoms with E-state index in [0.29, 0.717) is 5.92 Å². The van der Waals surface area contributed by atoms with E-state index in [0.717, 1.165) is 0 Å². The van der Waals surface area contributed by atoms with Gasteiger partial charge in [-0.05, 0) is 30.9 Å². The molecule has 0 aromatic carbocycles. The predicted octanol–water partition coefficient (Wildman–Crippen LogP) is 3.13. The Labute approximate surface area is 85.2 Å². The lowest BCUT2D eigenvalue weighted by atomic mass is 9.84. The minimum absolute atomic E-state index is 0.0605. The first-order chi connectivity index (χ1) is 6.92. The lowest BCUT2D eigenvalue weighted by molar-refractivity contribution is 0.290. The van der Waals surface area contributed by atoms with Gasteiger partial charge in [-0.25, -0.2) is 0 Å². The molecule has 0 bridgehead atoms. The molecule has 1 aliphatic carbocycles. The summed E-state index contributed by atoms with van der Waals surface area (Å²) in [5.74, 6) is 0.571. The first-order valence-electron chi connectivity index (χ1n) is 5.44. The van der Waals surface area contributed by atoms with E-state index in [9.17, 15) is 5.26 Å². The molecule has 1 saturated carbocycles. The second-order valence-corrected chi connectivity index (χ2v) is 4.10. The van der Waals surface area contributed by atoms with Crippen LogP contribution in [0.15, 0.2) is 24.5 Å². The summed E-state index contributed by atoms with van der Waals surface area (Å²) in [6.07, 6.45) is 10.4. The zero-order valence-electron chi connectivity index (χ0n) is 8.39. The van der Waals surface area contributed by atoms with Gasteiger partial charge in [-0.15, -0.1) is 0 Å². The van der Waals surface area contributed by atoms with Crippen LogP contribution in [-0.4, -0.2) is 4.57 Å². The smallest absolute Gasteiger partial charge is 0.123 e. The van der Waals surface area contributed by atoms with Crippen LogP contribution in [0.25, 0.3) is 0 Å². The van der Waals surface area contributed by atoms with Crippen molar-refractivity contribution in [2.24, 2.45) is 5.92 Å². The van der Waals surface area contributed by atoms with Crippen LogP contribution in [-0.2, 0) is 0 Å². The molecule has 0 N–H and O–H groups in total. The van der Waals surface area contributed by atoms with Gasteiger partial charge in [0.1, 0.15) is 6.04 Å². The maximum Gasteiger partial charge on any atom is 0.123 e. The highest BCUT2D eigenvalue weighted by atomic mass is 15.0. The summed E-state index contributed by atoms with van der Waals surface area (Å²) < 4.78 is 2.05. The van der Waals surface area contributed by atoms with Crippen molar-refractivity contribution in [1.82, 2.24) is 4.57 Å². The first kappa shape index (κ1) is 9.33. The number of nitriles is 1. The van der Waals surface area contributed by atoms with Gasteiger partial charge < -0.3 is 4.57 Å². The molecule has 1 heterocycles. The molecular formula is C12H16N2. The number of hydrogen-bond acceptors (Lipinski definition) is 1. The highest BCUT2D eigenvalue weighted by Crippen LogP contribution is 2.32. The van der Waals surface area contributed by atoms with Crippen molar-refractivity contribution in [2.75, 3.05) is 0 Å². The summed E-state index contributed by atoms with van der Waals surface area (Å²) >= 11 is 0. The Morgan fingerprint density at radius 2 is 1.79 bits per heavy atom. The summed E-state index contributed by atoms with van der Waals surface area (Å²) in [4.78, 5) is 0. The molecule has 14 heavy (non-hydrogen) atoms. The van der Waals surface area contributed by atoms with Crippen LogP contribution >= 0.6 is 0 Å². The van der Waals surface area contributed by atoms with Crippen LogP contribution in [0.5, 0.6) is 0 Å². The molecule has 0 radical (unpaired) electrons. The van der Waals surface area contributed by atoms with Gasteiger partial charge in [0.2, 0.25) is 0 Å². The van der Waals surface area contributed by atoms with Crippen LogP contribution in [0.2, 0.25) is 0 Å². The Morgan fingerprint density at radius 3 is 2.36 bits per heavy atom. The number of aromatic nitrogens is 1. The molecule has 0 amide bonds. The fourth-order valence-electron chi connectivity index (χ4n) is 2.40. The van der Waals surface area contributed by atoms with E-state index in [2.05, 4.69) is 10.6 Å². The van der Waals surface area contributed by atoms with Crippen molar-refractivity contribution in [3.63, 3.8) is 0 Å². The van der Waals surface area contributed by atoms with Crippen molar-refractivity contribution in [1.29, 1.82) is 5.26 Å². The SMILES string of the molecule is N#CC(C1CCCCC1)n1cccc1. The molecular weight excluding hydrogens is 172 g/mol. The fraction of sp³-hybridized carbons (Fsp3) is 0.583. The average Bonchev–Trinajstić information content (AvgIpc) is 2.74. The normalized spacial score (nSPS) is 20.2. The van der Waals surface area contributed by atoms with Gasteiger partial charge in [-0.3, -0.25) is 0 Å². The van der Waals surface area contributed by atoms with Crippen LogP contribution in [0.3, 0.4) is 0 Å². The molecule has 0 spiro atoms. The van der Waals surface area contributed by atoms with E-state index >= 15 is 0 Å². The maximum absolute atomic E-state index is 9.18. The Balaban J connectivity index is 2.09. The molecule has 1 aromatic heterocycles. The lowest BCUT2D eigenvalue weighted by Crippen LogP contribution is -2.19. The molecule has 1 aliphatic rings. The van der Waals surface area contributed by atoms with E-state index in [4.69, 9.17) is 0 Å². The summed E-state index contributed by atoms with van der Waals surface area (Å²) in [5.41, 5.74) is 0. The van der Waals surface area contributed by atoms with Crippen LogP contribution in [0, 0.1) is 17.2 Å². The molecule has 0 aliphatic heterocycles. The first-order valence-corrected chi connectivity index (χ1v) is 5.44. The molecule has 2 heteroatoms. The van der Waals surface area contributed by atoms with E-state index in [-0.39, 0.29) is 6.04 Å². The topological polar surface area (TPSA) is 28.7 Å². The van der Waals surface area contributed by atoms with Gasteiger partial charge in [-0.1, -0.05) is 19.3 Å². The van der Waals surface area contributed by atoms with Gasteiger partial charge in [-0.2, -0.15) is 5.26 Å². The van der Waals surface area contributed by atoms with Gasteiger partial charge in [0.25, 0.3) is 0 Å². The number of hydrogen-bond donors (Lipinski definition) is 0. The second-order valence-electron chi connectivity index (χ2n) is 4.10. The largest absolute Gasteiger partial charge is 0.338 e. The molecule has 1 fully saturated rings. The van der Waals surface area contributed by atoms with Gasteiger partial charge in [0.15, 0.2) is 0 Å². The van der Waals surface area contributed by atoms with Crippen molar-refractivity contribution >= 4 is 0 Å². The summed E-state index contributed by atoms with van der Waals surface area (Å²) in [5, 5.41) is 9.18. The fourth-order valence-corrected chi connectivity index (χ4v) is 2.40. The molecule has 74 valence electrons. The number of nitrogens with zero attached hydrogens (tertiary/aromatic N) is 2. The van der Waals surface area contributed by atoms with Crippen LogP contribution < -0.4 is 0 Å². The van der Waals surface area contributed by atoms with E-state index in [1.807, 2.05) is 24.5 Å². The van der Waals surface area contributed by atoms with Gasteiger partial charge >= 0.3 is 0 Å². The third-order valence-corrected chi connectivity index (χ3v) is 3.18. The molecule has 0 saturated heterocycles. The molecule has 1 atom stereocenters. The monoisotopic (exact) mass is 188 g/mol. The van der Waals surface area contributed by atoms with Gasteiger partial charge in [0, 0.05) is 12.4 Å². The zero-order valence-corrected chi connectivity index (χ0v) is 8.39. The Morgan fingerprint density at radius 1 is 1.14 bits per heavy atom. The highest BCUT2D eigenvalue weighted by molar-refractivity contribution is 5.02. The van der Waals surface area contributed by atoms with E-state index in [1.165, 1.54) is 32.1 Å². The summed E-state index contributed by atoms with van der Waals surface area (Å²) in [6.45, 7) is 0. The van der Waals surface area contributed by atoms with E-state index < -0.39 is 0 Å². The van der Waals surface area contributed by atoms with Crippen LogP contribution in [0.1, 0.15) is 38.1 Å². The van der Waals surface area contributed by atoms with Crippen LogP contribution in [0.4, 0.5) is 0 Å². The Kier molecular flexibility index (Phi) is 2.88. The van der Waals surface area contributed by atoms with Gasteiger partial charge in [0.05, 0.1) is 6.07 Å².